The van der Waals surface area contributed by atoms with Crippen LogP contribution in [0, 0.1) is 0 Å². The van der Waals surface area contributed by atoms with Gasteiger partial charge in [-0.1, -0.05) is 54.9 Å². The molecular weight excluding hydrogens is 496 g/mol. The summed E-state index contributed by atoms with van der Waals surface area (Å²) in [4.78, 5) is 13.2. The number of thioether (sulfide) groups is 1. The molecule has 1 unspecified atom stereocenters. The topological polar surface area (TPSA) is 123 Å². The number of anilines is 2. The maximum absolute atomic E-state index is 13.0. The van der Waals surface area contributed by atoms with Gasteiger partial charge in [0, 0.05) is 24.5 Å². The number of aryl methyl sites for hydroxylation is 1. The average Bonchev–Trinajstić information content (AvgIpc) is 3.06. The van der Waals surface area contributed by atoms with E-state index in [0.717, 1.165) is 37.9 Å². The van der Waals surface area contributed by atoms with Gasteiger partial charge in [-0.2, -0.15) is 4.31 Å². The van der Waals surface area contributed by atoms with Crippen molar-refractivity contribution in [2.75, 3.05) is 29.9 Å². The SMILES string of the molecule is CC(C(=O)Nc1ccc(S(=O)(=O)N2CCCCCC2)cc1)n1c(N)nnc1SCCc1ccccc1. The predicted molar refractivity (Wildman–Crippen MR) is 142 cm³/mol. The molecule has 3 aromatic rings. The third-order valence-corrected chi connectivity index (χ3v) is 9.10. The molecule has 3 N–H and O–H groups in total. The first-order valence-electron chi connectivity index (χ1n) is 12.1. The molecule has 2 heterocycles. The second-order valence-corrected chi connectivity index (χ2v) is 11.8. The number of benzene rings is 2. The van der Waals surface area contributed by atoms with Crippen LogP contribution in [0.15, 0.2) is 64.6 Å². The first kappa shape index (κ1) is 26.2. The minimum absolute atomic E-state index is 0.166. The van der Waals surface area contributed by atoms with Crippen molar-refractivity contribution in [2.24, 2.45) is 0 Å². The molecule has 9 nitrogen and oxygen atoms in total. The van der Waals surface area contributed by atoms with Crippen molar-refractivity contribution >= 4 is 39.3 Å². The summed E-state index contributed by atoms with van der Waals surface area (Å²) in [7, 11) is -3.54. The van der Waals surface area contributed by atoms with Crippen LogP contribution in [0.5, 0.6) is 0 Å². The molecule has 0 saturated carbocycles. The summed E-state index contributed by atoms with van der Waals surface area (Å²) < 4.78 is 29.2. The Bertz CT molecular complexity index is 1250. The predicted octanol–water partition coefficient (Wildman–Crippen LogP) is 3.96. The first-order valence-corrected chi connectivity index (χ1v) is 14.6. The Morgan fingerprint density at radius 1 is 1.03 bits per heavy atom. The fraction of sp³-hybridized carbons (Fsp3) is 0.400. The van der Waals surface area contributed by atoms with Crippen molar-refractivity contribution in [3.8, 4) is 0 Å². The van der Waals surface area contributed by atoms with Gasteiger partial charge in [0.2, 0.25) is 21.9 Å². The van der Waals surface area contributed by atoms with Crippen LogP contribution >= 0.6 is 11.8 Å². The van der Waals surface area contributed by atoms with Crippen LogP contribution in [0.4, 0.5) is 11.6 Å². The molecule has 1 saturated heterocycles. The molecule has 1 aliphatic rings. The van der Waals surface area contributed by atoms with Gasteiger partial charge < -0.3 is 11.1 Å². The van der Waals surface area contributed by atoms with Crippen molar-refractivity contribution in [3.63, 3.8) is 0 Å². The van der Waals surface area contributed by atoms with Crippen LogP contribution in [0.25, 0.3) is 0 Å². The van der Waals surface area contributed by atoms with Crippen LogP contribution in [0.3, 0.4) is 0 Å². The zero-order valence-corrected chi connectivity index (χ0v) is 22.0. The monoisotopic (exact) mass is 528 g/mol. The number of nitrogens with two attached hydrogens (primary N) is 1. The number of nitrogen functional groups attached to an aromatic ring is 1. The summed E-state index contributed by atoms with van der Waals surface area (Å²) in [5, 5.41) is 11.5. The van der Waals surface area contributed by atoms with E-state index in [-0.39, 0.29) is 16.8 Å². The number of nitrogens with zero attached hydrogens (tertiary/aromatic N) is 4. The van der Waals surface area contributed by atoms with Crippen molar-refractivity contribution in [2.45, 2.75) is 55.1 Å². The van der Waals surface area contributed by atoms with Gasteiger partial charge in [0.15, 0.2) is 5.16 Å². The zero-order chi connectivity index (χ0) is 25.5. The fourth-order valence-electron chi connectivity index (χ4n) is 4.16. The molecule has 1 aromatic heterocycles. The van der Waals surface area contributed by atoms with Gasteiger partial charge in [0.1, 0.15) is 6.04 Å². The lowest BCUT2D eigenvalue weighted by Gasteiger charge is -2.20. The van der Waals surface area contributed by atoms with E-state index in [1.165, 1.54) is 17.3 Å². The summed E-state index contributed by atoms with van der Waals surface area (Å²) in [6.45, 7) is 2.82. The molecule has 2 aromatic carbocycles. The Labute approximate surface area is 216 Å². The number of rotatable bonds is 9. The van der Waals surface area contributed by atoms with Gasteiger partial charge in [0.05, 0.1) is 4.90 Å². The van der Waals surface area contributed by atoms with E-state index in [0.29, 0.717) is 23.9 Å². The molecule has 0 radical (unpaired) electrons. The Morgan fingerprint density at radius 2 is 1.69 bits per heavy atom. The van der Waals surface area contributed by atoms with Gasteiger partial charge in [-0.25, -0.2) is 8.42 Å². The molecular formula is C25H32N6O3S2. The molecule has 36 heavy (non-hydrogen) atoms. The summed E-state index contributed by atoms with van der Waals surface area (Å²) >= 11 is 1.49. The Morgan fingerprint density at radius 3 is 2.36 bits per heavy atom. The number of aromatic nitrogens is 3. The van der Waals surface area contributed by atoms with E-state index in [1.54, 1.807) is 40.1 Å². The molecule has 4 rings (SSSR count). The number of hydrogen-bond donors (Lipinski definition) is 2. The van der Waals surface area contributed by atoms with E-state index < -0.39 is 16.1 Å². The Kier molecular flexibility index (Phi) is 8.65. The normalized spacial score (nSPS) is 15.8. The highest BCUT2D eigenvalue weighted by Crippen LogP contribution is 2.26. The molecule has 0 aliphatic carbocycles. The van der Waals surface area contributed by atoms with Crippen LogP contribution in [-0.2, 0) is 21.2 Å². The minimum Gasteiger partial charge on any atom is -0.368 e. The van der Waals surface area contributed by atoms with Crippen molar-refractivity contribution < 1.29 is 13.2 Å². The van der Waals surface area contributed by atoms with Crippen LogP contribution in [0.1, 0.15) is 44.2 Å². The van der Waals surface area contributed by atoms with E-state index in [4.69, 9.17) is 5.73 Å². The maximum atomic E-state index is 13.0. The number of sulfonamides is 1. The lowest BCUT2D eigenvalue weighted by atomic mass is 10.2. The number of amides is 1. The summed E-state index contributed by atoms with van der Waals surface area (Å²) in [5.74, 6) is 0.636. The van der Waals surface area contributed by atoms with Crippen LogP contribution in [-0.4, -0.2) is 52.2 Å². The van der Waals surface area contributed by atoms with Gasteiger partial charge in [0.25, 0.3) is 0 Å². The summed E-state index contributed by atoms with van der Waals surface area (Å²) in [6.07, 6.45) is 4.72. The van der Waals surface area contributed by atoms with E-state index in [2.05, 4.69) is 27.6 Å². The molecule has 1 aliphatic heterocycles. The number of hydrogen-bond acceptors (Lipinski definition) is 7. The number of carbonyl (C=O) groups is 1. The van der Waals surface area contributed by atoms with E-state index in [1.807, 2.05) is 18.2 Å². The van der Waals surface area contributed by atoms with Gasteiger partial charge >= 0.3 is 0 Å². The highest BCUT2D eigenvalue weighted by atomic mass is 32.2. The number of nitrogens with one attached hydrogen (secondary N) is 1. The average molecular weight is 529 g/mol. The smallest absolute Gasteiger partial charge is 0.247 e. The van der Waals surface area contributed by atoms with Crippen LogP contribution in [0.2, 0.25) is 0 Å². The maximum Gasteiger partial charge on any atom is 0.247 e. The number of carbonyl (C=O) groups excluding carboxylic acids is 1. The summed E-state index contributed by atoms with van der Waals surface area (Å²) in [5.41, 5.74) is 7.76. The lowest BCUT2D eigenvalue weighted by molar-refractivity contribution is -0.118. The Balaban J connectivity index is 1.39. The highest BCUT2D eigenvalue weighted by Gasteiger charge is 2.26. The van der Waals surface area contributed by atoms with Gasteiger partial charge in [-0.05, 0) is 56.0 Å². The highest BCUT2D eigenvalue weighted by molar-refractivity contribution is 7.99. The molecule has 1 fully saturated rings. The minimum atomic E-state index is -3.54. The third-order valence-electron chi connectivity index (χ3n) is 6.25. The Hall–Kier alpha value is -2.89. The summed E-state index contributed by atoms with van der Waals surface area (Å²) in [6, 6.07) is 15.8. The fourth-order valence-corrected chi connectivity index (χ4v) is 6.69. The second-order valence-electron chi connectivity index (χ2n) is 8.80. The molecule has 11 heteroatoms. The molecule has 1 atom stereocenters. The molecule has 0 bridgehead atoms. The third kappa shape index (κ3) is 6.26. The standard InChI is InChI=1S/C25H32N6O3S2/c1-19(31-24(26)28-29-25(31)35-18-15-20-9-5-4-6-10-20)23(32)27-21-11-13-22(14-12-21)36(33,34)30-16-7-2-3-8-17-30/h4-6,9-14,19H,2-3,7-8,15-18H2,1H3,(H2,26,28)(H,27,32). The largest absolute Gasteiger partial charge is 0.368 e. The van der Waals surface area contributed by atoms with Gasteiger partial charge in [-0.3, -0.25) is 9.36 Å². The second kappa shape index (κ2) is 11.9. The van der Waals surface area contributed by atoms with Crippen molar-refractivity contribution in [1.29, 1.82) is 0 Å². The molecule has 192 valence electrons. The zero-order valence-electron chi connectivity index (χ0n) is 20.3. The van der Waals surface area contributed by atoms with E-state index >= 15 is 0 Å². The lowest BCUT2D eigenvalue weighted by Crippen LogP contribution is -2.31. The van der Waals surface area contributed by atoms with E-state index in [9.17, 15) is 13.2 Å². The van der Waals surface area contributed by atoms with Crippen molar-refractivity contribution in [3.05, 3.63) is 60.2 Å². The van der Waals surface area contributed by atoms with Gasteiger partial charge in [-0.15, -0.1) is 10.2 Å². The molecule has 0 spiro atoms. The first-order chi connectivity index (χ1) is 17.4. The van der Waals surface area contributed by atoms with Crippen molar-refractivity contribution in [1.82, 2.24) is 19.1 Å². The van der Waals surface area contributed by atoms with Crippen LogP contribution < -0.4 is 11.1 Å². The molecule has 1 amide bonds. The quantitative estimate of drug-likeness (QED) is 0.403.